The lowest BCUT2D eigenvalue weighted by Gasteiger charge is -2.06. The predicted molar refractivity (Wildman–Crippen MR) is 67.2 cm³/mol. The fourth-order valence-corrected chi connectivity index (χ4v) is 1.73. The van der Waals surface area contributed by atoms with Crippen LogP contribution in [0.1, 0.15) is 23.2 Å². The third-order valence-electron chi connectivity index (χ3n) is 2.37. The molecule has 0 spiro atoms. The maximum atomic E-state index is 13.7. The van der Waals surface area contributed by atoms with E-state index in [1.165, 1.54) is 25.1 Å². The van der Waals surface area contributed by atoms with E-state index in [-0.39, 0.29) is 17.2 Å². The summed E-state index contributed by atoms with van der Waals surface area (Å²) in [6, 6.07) is 5.81. The van der Waals surface area contributed by atoms with Crippen LogP contribution in [0.2, 0.25) is 5.02 Å². The number of hydrogen-bond acceptors (Lipinski definition) is 3. The molecule has 0 saturated carbocycles. The van der Waals surface area contributed by atoms with Crippen LogP contribution in [0, 0.1) is 12.7 Å². The molecule has 3 nitrogen and oxygen atoms in total. The van der Waals surface area contributed by atoms with Crippen molar-refractivity contribution in [1.29, 1.82) is 0 Å². The van der Waals surface area contributed by atoms with Crippen molar-refractivity contribution in [2.45, 2.75) is 13.8 Å². The summed E-state index contributed by atoms with van der Waals surface area (Å²) in [5.74, 6) is -0.626. The van der Waals surface area contributed by atoms with Gasteiger partial charge in [0, 0.05) is 23.2 Å². The Balaban J connectivity index is 2.63. The number of benzene rings is 1. The molecule has 0 unspecified atom stereocenters. The number of rotatable bonds is 2. The first-order valence-electron chi connectivity index (χ1n) is 5.29. The number of aromatic nitrogens is 2. The highest BCUT2D eigenvalue weighted by atomic mass is 35.5. The molecule has 0 fully saturated rings. The van der Waals surface area contributed by atoms with E-state index in [4.69, 9.17) is 11.6 Å². The third kappa shape index (κ3) is 2.54. The summed E-state index contributed by atoms with van der Waals surface area (Å²) >= 11 is 5.83. The van der Waals surface area contributed by atoms with Gasteiger partial charge in [0.05, 0.1) is 5.69 Å². The third-order valence-corrected chi connectivity index (χ3v) is 2.61. The molecule has 0 radical (unpaired) electrons. The van der Waals surface area contributed by atoms with Gasteiger partial charge < -0.3 is 0 Å². The van der Waals surface area contributed by atoms with Crippen LogP contribution in [-0.2, 0) is 0 Å². The van der Waals surface area contributed by atoms with Crippen molar-refractivity contribution in [2.75, 3.05) is 0 Å². The zero-order chi connectivity index (χ0) is 13.3. The standard InChI is InChI=1S/C13H10ClFN2O/c1-7-5-12(17-13(16-7)8(2)18)10-6-9(14)3-4-11(10)15/h3-6H,1-2H3. The van der Waals surface area contributed by atoms with Gasteiger partial charge in [-0.3, -0.25) is 4.79 Å². The number of nitrogens with zero attached hydrogens (tertiary/aromatic N) is 2. The SMILES string of the molecule is CC(=O)c1nc(C)cc(-c2cc(Cl)ccc2F)n1. The Kier molecular flexibility index (Phi) is 3.39. The van der Waals surface area contributed by atoms with E-state index >= 15 is 0 Å². The minimum Gasteiger partial charge on any atom is -0.291 e. The van der Waals surface area contributed by atoms with Gasteiger partial charge in [-0.1, -0.05) is 11.6 Å². The second kappa shape index (κ2) is 4.82. The Morgan fingerprint density at radius 2 is 2.00 bits per heavy atom. The van der Waals surface area contributed by atoms with Crippen LogP contribution < -0.4 is 0 Å². The Bertz CT molecular complexity index is 628. The summed E-state index contributed by atoms with van der Waals surface area (Å²) in [7, 11) is 0. The van der Waals surface area contributed by atoms with Gasteiger partial charge in [0.1, 0.15) is 5.82 Å². The first kappa shape index (κ1) is 12.6. The minimum atomic E-state index is -0.438. The average Bonchev–Trinajstić information content (AvgIpc) is 2.31. The van der Waals surface area contributed by atoms with Crippen molar-refractivity contribution in [3.8, 4) is 11.3 Å². The lowest BCUT2D eigenvalue weighted by atomic mass is 10.1. The number of hydrogen-bond donors (Lipinski definition) is 0. The monoisotopic (exact) mass is 264 g/mol. The van der Waals surface area contributed by atoms with E-state index in [0.29, 0.717) is 16.4 Å². The molecular formula is C13H10ClFN2O. The molecule has 5 heteroatoms. The van der Waals surface area contributed by atoms with Gasteiger partial charge in [-0.2, -0.15) is 0 Å². The molecule has 1 aromatic heterocycles. The van der Waals surface area contributed by atoms with Crippen LogP contribution in [0.25, 0.3) is 11.3 Å². The van der Waals surface area contributed by atoms with Crippen LogP contribution in [-0.4, -0.2) is 15.8 Å². The molecule has 92 valence electrons. The summed E-state index contributed by atoms with van der Waals surface area (Å²) in [6.07, 6.45) is 0. The van der Waals surface area contributed by atoms with Crippen molar-refractivity contribution in [3.63, 3.8) is 0 Å². The molecule has 1 aromatic carbocycles. The van der Waals surface area contributed by atoms with Gasteiger partial charge in [0.15, 0.2) is 11.6 Å². The molecule has 0 N–H and O–H groups in total. The molecule has 0 bridgehead atoms. The zero-order valence-electron chi connectivity index (χ0n) is 9.87. The molecule has 0 aliphatic carbocycles. The lowest BCUT2D eigenvalue weighted by molar-refractivity contribution is 0.100. The average molecular weight is 265 g/mol. The molecule has 0 amide bonds. The van der Waals surface area contributed by atoms with E-state index in [0.717, 1.165) is 0 Å². The molecule has 0 saturated heterocycles. The summed E-state index contributed by atoms with van der Waals surface area (Å²) in [5, 5.41) is 0.409. The highest BCUT2D eigenvalue weighted by molar-refractivity contribution is 6.30. The smallest absolute Gasteiger partial charge is 0.196 e. The molecule has 18 heavy (non-hydrogen) atoms. The molecule has 0 aliphatic heterocycles. The fourth-order valence-electron chi connectivity index (χ4n) is 1.56. The van der Waals surface area contributed by atoms with Crippen molar-refractivity contribution in [2.24, 2.45) is 0 Å². The summed E-state index contributed by atoms with van der Waals surface area (Å²) in [6.45, 7) is 3.09. The molecule has 2 rings (SSSR count). The normalized spacial score (nSPS) is 10.4. The van der Waals surface area contributed by atoms with Crippen molar-refractivity contribution < 1.29 is 9.18 Å². The fraction of sp³-hybridized carbons (Fsp3) is 0.154. The van der Waals surface area contributed by atoms with Crippen LogP contribution in [0.15, 0.2) is 24.3 Å². The highest BCUT2D eigenvalue weighted by Crippen LogP contribution is 2.25. The Hall–Kier alpha value is -1.81. The first-order chi connectivity index (χ1) is 8.47. The summed E-state index contributed by atoms with van der Waals surface area (Å²) < 4.78 is 13.7. The minimum absolute atomic E-state index is 0.0735. The van der Waals surface area contributed by atoms with Crippen molar-refractivity contribution >= 4 is 17.4 Å². The number of halogens is 2. The quantitative estimate of drug-likeness (QED) is 0.780. The maximum Gasteiger partial charge on any atom is 0.196 e. The van der Waals surface area contributed by atoms with E-state index in [1.54, 1.807) is 13.0 Å². The Morgan fingerprint density at radius 3 is 2.67 bits per heavy atom. The Morgan fingerprint density at radius 1 is 1.28 bits per heavy atom. The lowest BCUT2D eigenvalue weighted by Crippen LogP contribution is -2.04. The van der Waals surface area contributed by atoms with E-state index in [2.05, 4.69) is 9.97 Å². The Labute approximate surface area is 109 Å². The van der Waals surface area contributed by atoms with Gasteiger partial charge in [-0.15, -0.1) is 0 Å². The van der Waals surface area contributed by atoms with Gasteiger partial charge in [-0.25, -0.2) is 14.4 Å². The summed E-state index contributed by atoms with van der Waals surface area (Å²) in [5.41, 5.74) is 1.22. The van der Waals surface area contributed by atoms with Crippen molar-refractivity contribution in [3.05, 3.63) is 46.6 Å². The topological polar surface area (TPSA) is 42.9 Å². The first-order valence-corrected chi connectivity index (χ1v) is 5.67. The number of ketones is 1. The number of Topliss-reactive ketones (excluding diaryl/α,β-unsaturated/α-hetero) is 1. The van der Waals surface area contributed by atoms with Gasteiger partial charge in [0.25, 0.3) is 0 Å². The zero-order valence-corrected chi connectivity index (χ0v) is 10.6. The van der Waals surface area contributed by atoms with E-state index < -0.39 is 5.82 Å². The van der Waals surface area contributed by atoms with Crippen LogP contribution in [0.3, 0.4) is 0 Å². The summed E-state index contributed by atoms with van der Waals surface area (Å²) in [4.78, 5) is 19.3. The van der Waals surface area contributed by atoms with Crippen LogP contribution in [0.5, 0.6) is 0 Å². The number of carbonyl (C=O) groups is 1. The second-order valence-corrected chi connectivity index (χ2v) is 4.33. The maximum absolute atomic E-state index is 13.7. The molecule has 2 aromatic rings. The number of carbonyl (C=O) groups excluding carboxylic acids is 1. The van der Waals surface area contributed by atoms with Gasteiger partial charge >= 0.3 is 0 Å². The molecule has 0 atom stereocenters. The van der Waals surface area contributed by atoms with E-state index in [9.17, 15) is 9.18 Å². The molecular weight excluding hydrogens is 255 g/mol. The van der Waals surface area contributed by atoms with Gasteiger partial charge in [-0.05, 0) is 31.2 Å². The largest absolute Gasteiger partial charge is 0.291 e. The van der Waals surface area contributed by atoms with Gasteiger partial charge in [0.2, 0.25) is 0 Å². The van der Waals surface area contributed by atoms with Crippen LogP contribution in [0.4, 0.5) is 4.39 Å². The predicted octanol–water partition coefficient (Wildman–Crippen LogP) is 3.45. The highest BCUT2D eigenvalue weighted by Gasteiger charge is 2.12. The van der Waals surface area contributed by atoms with E-state index in [1.807, 2.05) is 0 Å². The molecule has 1 heterocycles. The second-order valence-electron chi connectivity index (χ2n) is 3.90. The van der Waals surface area contributed by atoms with Crippen molar-refractivity contribution in [1.82, 2.24) is 9.97 Å². The number of aryl methyl sites for hydroxylation is 1. The molecule has 0 aliphatic rings. The van der Waals surface area contributed by atoms with Crippen LogP contribution >= 0.6 is 11.6 Å².